The first kappa shape index (κ1) is 8.79. The topological polar surface area (TPSA) is 20.2 Å². The molecule has 1 saturated carbocycles. The molecule has 64 valence electrons. The number of allylic oxidation sites excluding steroid dienone is 1. The highest BCUT2D eigenvalue weighted by Gasteiger charge is 2.19. The van der Waals surface area contributed by atoms with Crippen LogP contribution in [-0.4, -0.2) is 11.7 Å². The Morgan fingerprint density at radius 1 is 1.36 bits per heavy atom. The Kier molecular flexibility index (Phi) is 3.13. The van der Waals surface area contributed by atoms with Gasteiger partial charge in [0.25, 0.3) is 0 Å². The van der Waals surface area contributed by atoms with Crippen LogP contribution in [0.4, 0.5) is 0 Å². The molecule has 1 N–H and O–H groups in total. The quantitative estimate of drug-likeness (QED) is 0.575. The monoisotopic (exact) mass is 154 g/mol. The molecule has 1 aliphatic rings. The van der Waals surface area contributed by atoms with E-state index in [-0.39, 0.29) is 6.61 Å². The smallest absolute Gasteiger partial charge is 0.0615 e. The molecule has 0 spiro atoms. The molecule has 0 bridgehead atoms. The first-order valence-electron chi connectivity index (χ1n) is 4.56. The van der Waals surface area contributed by atoms with E-state index in [0.717, 1.165) is 0 Å². The second-order valence-electron chi connectivity index (χ2n) is 3.62. The van der Waals surface area contributed by atoms with Gasteiger partial charge in [-0.3, -0.25) is 0 Å². The van der Waals surface area contributed by atoms with Crippen molar-refractivity contribution in [3.05, 3.63) is 11.6 Å². The molecule has 0 aromatic heterocycles. The maximum Gasteiger partial charge on any atom is 0.0615 e. The van der Waals surface area contributed by atoms with Crippen molar-refractivity contribution in [2.24, 2.45) is 11.8 Å². The van der Waals surface area contributed by atoms with Gasteiger partial charge in [0.1, 0.15) is 0 Å². The van der Waals surface area contributed by atoms with Gasteiger partial charge < -0.3 is 5.11 Å². The van der Waals surface area contributed by atoms with Crippen molar-refractivity contribution in [2.75, 3.05) is 6.61 Å². The van der Waals surface area contributed by atoms with Gasteiger partial charge in [-0.05, 0) is 24.7 Å². The number of rotatable bonds is 1. The van der Waals surface area contributed by atoms with Gasteiger partial charge in [0.15, 0.2) is 0 Å². The van der Waals surface area contributed by atoms with Crippen LogP contribution in [0.15, 0.2) is 11.6 Å². The number of hydrogen-bond acceptors (Lipinski definition) is 1. The van der Waals surface area contributed by atoms with E-state index in [1.54, 1.807) is 0 Å². The Balaban J connectivity index is 2.62. The van der Waals surface area contributed by atoms with E-state index < -0.39 is 0 Å². The molecule has 1 nitrogen and oxygen atoms in total. The standard InChI is InChI=1S/C10H18O/c1-8-4-3-5-9(2)10(8)6-7-11/h6,8-9,11H,3-5,7H2,1-2H3. The summed E-state index contributed by atoms with van der Waals surface area (Å²) in [5.41, 5.74) is 1.47. The van der Waals surface area contributed by atoms with Crippen molar-refractivity contribution in [2.45, 2.75) is 33.1 Å². The molecular formula is C10H18O. The van der Waals surface area contributed by atoms with E-state index in [9.17, 15) is 0 Å². The summed E-state index contributed by atoms with van der Waals surface area (Å²) in [6.07, 6.45) is 5.95. The van der Waals surface area contributed by atoms with Crippen LogP contribution in [0.2, 0.25) is 0 Å². The van der Waals surface area contributed by atoms with Crippen LogP contribution in [0.25, 0.3) is 0 Å². The van der Waals surface area contributed by atoms with Crippen LogP contribution >= 0.6 is 0 Å². The first-order chi connectivity index (χ1) is 5.25. The Hall–Kier alpha value is -0.300. The van der Waals surface area contributed by atoms with Gasteiger partial charge in [0, 0.05) is 0 Å². The molecule has 0 aromatic rings. The Morgan fingerprint density at radius 3 is 2.36 bits per heavy atom. The van der Waals surface area contributed by atoms with Crippen molar-refractivity contribution in [3.63, 3.8) is 0 Å². The molecule has 1 aliphatic carbocycles. The van der Waals surface area contributed by atoms with E-state index in [1.807, 2.05) is 6.08 Å². The number of aliphatic hydroxyl groups excluding tert-OH is 1. The normalized spacial score (nSPS) is 32.1. The molecule has 0 aliphatic heterocycles. The zero-order valence-corrected chi connectivity index (χ0v) is 7.51. The molecule has 1 heteroatoms. The Morgan fingerprint density at radius 2 is 1.91 bits per heavy atom. The van der Waals surface area contributed by atoms with Crippen LogP contribution in [0.5, 0.6) is 0 Å². The average Bonchev–Trinajstić information content (AvgIpc) is 1.97. The summed E-state index contributed by atoms with van der Waals surface area (Å²) in [5.74, 6) is 1.40. The minimum atomic E-state index is 0.212. The lowest BCUT2D eigenvalue weighted by molar-refractivity contribution is 0.332. The summed E-state index contributed by atoms with van der Waals surface area (Å²) in [5, 5.41) is 8.78. The molecule has 2 unspecified atom stereocenters. The third-order valence-electron chi connectivity index (χ3n) is 2.74. The van der Waals surface area contributed by atoms with Crippen molar-refractivity contribution in [3.8, 4) is 0 Å². The van der Waals surface area contributed by atoms with Crippen molar-refractivity contribution in [1.82, 2.24) is 0 Å². The summed E-state index contributed by atoms with van der Waals surface area (Å²) in [6.45, 7) is 4.73. The fourth-order valence-electron chi connectivity index (χ4n) is 2.06. The lowest BCUT2D eigenvalue weighted by atomic mass is 9.78. The van der Waals surface area contributed by atoms with E-state index in [2.05, 4.69) is 13.8 Å². The lowest BCUT2D eigenvalue weighted by Gasteiger charge is -2.27. The Labute approximate surface area is 69.1 Å². The predicted molar refractivity (Wildman–Crippen MR) is 47.3 cm³/mol. The summed E-state index contributed by atoms with van der Waals surface area (Å²) in [6, 6.07) is 0. The van der Waals surface area contributed by atoms with E-state index in [4.69, 9.17) is 5.11 Å². The van der Waals surface area contributed by atoms with Gasteiger partial charge >= 0.3 is 0 Å². The van der Waals surface area contributed by atoms with Gasteiger partial charge in [0.2, 0.25) is 0 Å². The maximum absolute atomic E-state index is 8.78. The number of aliphatic hydroxyl groups is 1. The van der Waals surface area contributed by atoms with Gasteiger partial charge in [-0.25, -0.2) is 0 Å². The molecule has 0 heterocycles. The van der Waals surface area contributed by atoms with Crippen LogP contribution in [0.3, 0.4) is 0 Å². The minimum Gasteiger partial charge on any atom is -0.392 e. The zero-order chi connectivity index (χ0) is 8.27. The van der Waals surface area contributed by atoms with Crippen LogP contribution in [0.1, 0.15) is 33.1 Å². The van der Waals surface area contributed by atoms with Gasteiger partial charge in [0.05, 0.1) is 6.61 Å². The van der Waals surface area contributed by atoms with Crippen molar-refractivity contribution >= 4 is 0 Å². The second-order valence-corrected chi connectivity index (χ2v) is 3.62. The summed E-state index contributed by atoms with van der Waals surface area (Å²) < 4.78 is 0. The highest BCUT2D eigenvalue weighted by molar-refractivity contribution is 5.11. The zero-order valence-electron chi connectivity index (χ0n) is 7.51. The summed E-state index contributed by atoms with van der Waals surface area (Å²) in [4.78, 5) is 0. The third-order valence-corrected chi connectivity index (χ3v) is 2.74. The third kappa shape index (κ3) is 2.06. The summed E-state index contributed by atoms with van der Waals surface area (Å²) in [7, 11) is 0. The number of hydrogen-bond donors (Lipinski definition) is 1. The first-order valence-corrected chi connectivity index (χ1v) is 4.56. The molecule has 0 radical (unpaired) electrons. The van der Waals surface area contributed by atoms with Crippen LogP contribution < -0.4 is 0 Å². The summed E-state index contributed by atoms with van der Waals surface area (Å²) >= 11 is 0. The molecular weight excluding hydrogens is 136 g/mol. The highest BCUT2D eigenvalue weighted by Crippen LogP contribution is 2.33. The van der Waals surface area contributed by atoms with Gasteiger partial charge in [-0.2, -0.15) is 0 Å². The van der Waals surface area contributed by atoms with Crippen LogP contribution in [-0.2, 0) is 0 Å². The fraction of sp³-hybridized carbons (Fsp3) is 0.800. The SMILES string of the molecule is CC1CCCC(C)C1=CCO. The van der Waals surface area contributed by atoms with E-state index in [0.29, 0.717) is 11.8 Å². The molecule has 2 atom stereocenters. The predicted octanol–water partition coefficient (Wildman–Crippen LogP) is 2.36. The lowest BCUT2D eigenvalue weighted by Crippen LogP contribution is -2.15. The largest absolute Gasteiger partial charge is 0.392 e. The molecule has 0 aromatic carbocycles. The Bertz CT molecular complexity index is 137. The van der Waals surface area contributed by atoms with Gasteiger partial charge in [-0.15, -0.1) is 0 Å². The average molecular weight is 154 g/mol. The van der Waals surface area contributed by atoms with E-state index in [1.165, 1.54) is 24.8 Å². The highest BCUT2D eigenvalue weighted by atomic mass is 16.2. The van der Waals surface area contributed by atoms with Gasteiger partial charge in [-0.1, -0.05) is 31.9 Å². The van der Waals surface area contributed by atoms with Crippen molar-refractivity contribution < 1.29 is 5.11 Å². The fourth-order valence-corrected chi connectivity index (χ4v) is 2.06. The maximum atomic E-state index is 8.78. The van der Waals surface area contributed by atoms with Crippen LogP contribution in [0, 0.1) is 11.8 Å². The molecule has 1 rings (SSSR count). The second kappa shape index (κ2) is 3.91. The molecule has 0 amide bonds. The minimum absolute atomic E-state index is 0.212. The molecule has 0 saturated heterocycles. The molecule has 1 fully saturated rings. The van der Waals surface area contributed by atoms with E-state index >= 15 is 0 Å². The van der Waals surface area contributed by atoms with Crippen molar-refractivity contribution in [1.29, 1.82) is 0 Å². The molecule has 11 heavy (non-hydrogen) atoms.